The fourth-order valence-electron chi connectivity index (χ4n) is 6.78. The maximum atomic E-state index is 13.4. The molecular formula is C32H51F3. The molecule has 0 saturated heterocycles. The lowest BCUT2D eigenvalue weighted by molar-refractivity contribution is 0.208. The lowest BCUT2D eigenvalue weighted by Crippen LogP contribution is -2.18. The van der Waals surface area contributed by atoms with Crippen molar-refractivity contribution in [2.45, 2.75) is 142 Å². The minimum absolute atomic E-state index is 0.585. The van der Waals surface area contributed by atoms with Gasteiger partial charge in [0.25, 0.3) is 0 Å². The van der Waals surface area contributed by atoms with Crippen molar-refractivity contribution in [2.75, 3.05) is 0 Å². The summed E-state index contributed by atoms with van der Waals surface area (Å²) in [4.78, 5) is 0. The largest absolute Gasteiger partial charge is 0.204 e. The topological polar surface area (TPSA) is 0 Å². The summed E-state index contributed by atoms with van der Waals surface area (Å²) in [6, 6.07) is 2.32. The summed E-state index contributed by atoms with van der Waals surface area (Å²) in [5.74, 6) is 0.00918. The molecule has 0 heterocycles. The third-order valence-corrected chi connectivity index (χ3v) is 9.27. The molecule has 0 atom stereocenters. The van der Waals surface area contributed by atoms with Crippen molar-refractivity contribution in [3.05, 3.63) is 35.1 Å². The number of unbranched alkanes of at least 4 members (excludes halogenated alkanes) is 7. The zero-order valence-corrected chi connectivity index (χ0v) is 22.4. The van der Waals surface area contributed by atoms with Crippen LogP contribution in [-0.4, -0.2) is 0 Å². The summed E-state index contributed by atoms with van der Waals surface area (Å²) in [7, 11) is 0. The second kappa shape index (κ2) is 16.0. The molecule has 0 aliphatic heterocycles. The van der Waals surface area contributed by atoms with Gasteiger partial charge in [-0.2, -0.15) is 0 Å². The van der Waals surface area contributed by atoms with Crippen LogP contribution in [0.25, 0.3) is 0 Å². The van der Waals surface area contributed by atoms with E-state index in [9.17, 15) is 13.2 Å². The van der Waals surface area contributed by atoms with Gasteiger partial charge in [0.05, 0.1) is 0 Å². The van der Waals surface area contributed by atoms with E-state index >= 15 is 0 Å². The summed E-state index contributed by atoms with van der Waals surface area (Å²) in [5.41, 5.74) is 0.585. The van der Waals surface area contributed by atoms with E-state index in [1.165, 1.54) is 122 Å². The molecule has 2 aliphatic carbocycles. The molecule has 0 aromatic heterocycles. The molecule has 0 radical (unpaired) electrons. The number of hydrogen-bond donors (Lipinski definition) is 0. The van der Waals surface area contributed by atoms with Crippen molar-refractivity contribution in [1.82, 2.24) is 0 Å². The van der Waals surface area contributed by atoms with Crippen LogP contribution < -0.4 is 0 Å². The molecule has 1 aromatic carbocycles. The zero-order chi connectivity index (χ0) is 24.9. The van der Waals surface area contributed by atoms with Crippen LogP contribution in [0.5, 0.6) is 0 Å². The van der Waals surface area contributed by atoms with Gasteiger partial charge in [-0.1, -0.05) is 129 Å². The van der Waals surface area contributed by atoms with Crippen LogP contribution in [0, 0.1) is 41.1 Å². The quantitative estimate of drug-likeness (QED) is 0.169. The van der Waals surface area contributed by atoms with Gasteiger partial charge in [-0.15, -0.1) is 0 Å². The average molecular weight is 493 g/mol. The summed E-state index contributed by atoms with van der Waals surface area (Å²) in [6.07, 6.45) is 28.3. The number of benzene rings is 1. The average Bonchev–Trinajstić information content (AvgIpc) is 2.87. The first-order chi connectivity index (χ1) is 17.0. The molecule has 2 fully saturated rings. The zero-order valence-electron chi connectivity index (χ0n) is 22.4. The van der Waals surface area contributed by atoms with Crippen LogP contribution in [0.3, 0.4) is 0 Å². The Morgan fingerprint density at radius 1 is 0.543 bits per heavy atom. The van der Waals surface area contributed by atoms with Gasteiger partial charge in [0.1, 0.15) is 0 Å². The van der Waals surface area contributed by atoms with Crippen molar-refractivity contribution in [3.63, 3.8) is 0 Å². The highest BCUT2D eigenvalue weighted by Crippen LogP contribution is 2.38. The van der Waals surface area contributed by atoms with Crippen LogP contribution in [0.1, 0.15) is 141 Å². The Balaban J connectivity index is 1.19. The van der Waals surface area contributed by atoms with Crippen LogP contribution >= 0.6 is 0 Å². The second-order valence-corrected chi connectivity index (χ2v) is 12.0. The van der Waals surface area contributed by atoms with Gasteiger partial charge in [-0.05, 0) is 54.2 Å². The van der Waals surface area contributed by atoms with E-state index in [4.69, 9.17) is 0 Å². The summed E-state index contributed by atoms with van der Waals surface area (Å²) in [5, 5.41) is 0. The molecule has 3 rings (SSSR count). The van der Waals surface area contributed by atoms with E-state index in [2.05, 4.69) is 6.92 Å². The molecule has 2 saturated carbocycles. The smallest absolute Gasteiger partial charge is 0.194 e. The number of aryl methyl sites for hydroxylation is 1. The first-order valence-corrected chi connectivity index (χ1v) is 15.2. The summed E-state index contributed by atoms with van der Waals surface area (Å²) in [6.45, 7) is 2.29. The van der Waals surface area contributed by atoms with E-state index in [0.29, 0.717) is 17.9 Å². The van der Waals surface area contributed by atoms with Crippen LogP contribution in [0.15, 0.2) is 12.1 Å². The Kier molecular flexibility index (Phi) is 13.0. The van der Waals surface area contributed by atoms with E-state index in [-0.39, 0.29) is 0 Å². The van der Waals surface area contributed by atoms with Gasteiger partial charge in [0.2, 0.25) is 0 Å². The fourth-order valence-corrected chi connectivity index (χ4v) is 6.78. The lowest BCUT2D eigenvalue weighted by atomic mass is 9.74. The maximum Gasteiger partial charge on any atom is 0.194 e. The van der Waals surface area contributed by atoms with Crippen molar-refractivity contribution < 1.29 is 13.2 Å². The standard InChI is InChI=1S/C32H51F3/c1-2-3-4-5-6-7-8-9-10-25-11-13-26(14-12-25)15-16-27-17-19-28(20-18-27)21-22-29-23-30(33)32(35)31(34)24-29/h23-28H,2-22H2,1H3/t25-,26-,27-,28-. The molecule has 2 aliphatic rings. The molecule has 0 unspecified atom stereocenters. The monoisotopic (exact) mass is 492 g/mol. The number of halogens is 3. The molecule has 0 spiro atoms. The maximum absolute atomic E-state index is 13.4. The summed E-state index contributed by atoms with van der Waals surface area (Å²) >= 11 is 0. The van der Waals surface area contributed by atoms with Gasteiger partial charge < -0.3 is 0 Å². The highest BCUT2D eigenvalue weighted by atomic mass is 19.2. The third kappa shape index (κ3) is 10.5. The van der Waals surface area contributed by atoms with E-state index in [1.54, 1.807) is 0 Å². The Morgan fingerprint density at radius 2 is 0.943 bits per heavy atom. The molecule has 0 nitrogen and oxygen atoms in total. The number of rotatable bonds is 15. The normalized spacial score (nSPS) is 25.1. The summed E-state index contributed by atoms with van der Waals surface area (Å²) < 4.78 is 40.0. The Hall–Kier alpha value is -0.990. The van der Waals surface area contributed by atoms with Crippen LogP contribution in [0.2, 0.25) is 0 Å². The van der Waals surface area contributed by atoms with E-state index in [1.807, 2.05) is 0 Å². The first kappa shape index (κ1) is 28.6. The first-order valence-electron chi connectivity index (χ1n) is 15.2. The molecule has 35 heavy (non-hydrogen) atoms. The number of hydrogen-bond acceptors (Lipinski definition) is 0. The molecular weight excluding hydrogens is 441 g/mol. The van der Waals surface area contributed by atoms with Gasteiger partial charge in [0.15, 0.2) is 17.5 Å². The molecule has 0 N–H and O–H groups in total. The predicted octanol–water partition coefficient (Wildman–Crippen LogP) is 11.0. The second-order valence-electron chi connectivity index (χ2n) is 12.0. The van der Waals surface area contributed by atoms with E-state index < -0.39 is 17.5 Å². The van der Waals surface area contributed by atoms with Crippen LogP contribution in [-0.2, 0) is 6.42 Å². The Bertz CT molecular complexity index is 676. The molecule has 0 bridgehead atoms. The fraction of sp³-hybridized carbons (Fsp3) is 0.812. The highest BCUT2D eigenvalue weighted by Gasteiger charge is 2.25. The molecule has 0 amide bonds. The lowest BCUT2D eigenvalue weighted by Gasteiger charge is -2.32. The van der Waals surface area contributed by atoms with Crippen molar-refractivity contribution in [3.8, 4) is 0 Å². The van der Waals surface area contributed by atoms with Crippen molar-refractivity contribution in [2.24, 2.45) is 23.7 Å². The van der Waals surface area contributed by atoms with E-state index in [0.717, 1.165) is 36.3 Å². The minimum Gasteiger partial charge on any atom is -0.204 e. The minimum atomic E-state index is -1.36. The van der Waals surface area contributed by atoms with Gasteiger partial charge in [0, 0.05) is 0 Å². The van der Waals surface area contributed by atoms with Gasteiger partial charge in [-0.3, -0.25) is 0 Å². The highest BCUT2D eigenvalue weighted by molar-refractivity contribution is 5.19. The Labute approximate surface area is 213 Å². The molecule has 1 aromatic rings. The SMILES string of the molecule is CCCCCCCCCC[C@H]1CC[C@H](CC[C@H]2CC[C@H](CCc3cc(F)c(F)c(F)c3)CC2)CC1. The van der Waals surface area contributed by atoms with Gasteiger partial charge in [-0.25, -0.2) is 13.2 Å². The Morgan fingerprint density at radius 3 is 1.43 bits per heavy atom. The predicted molar refractivity (Wildman–Crippen MR) is 142 cm³/mol. The molecule has 3 heteroatoms. The third-order valence-electron chi connectivity index (χ3n) is 9.27. The van der Waals surface area contributed by atoms with Gasteiger partial charge >= 0.3 is 0 Å². The molecule has 200 valence electrons. The van der Waals surface area contributed by atoms with Crippen molar-refractivity contribution in [1.29, 1.82) is 0 Å². The van der Waals surface area contributed by atoms with Crippen molar-refractivity contribution >= 4 is 0 Å². The van der Waals surface area contributed by atoms with Crippen LogP contribution in [0.4, 0.5) is 13.2 Å².